The van der Waals surface area contributed by atoms with Gasteiger partial charge in [0.1, 0.15) is 12.2 Å². The van der Waals surface area contributed by atoms with Crippen LogP contribution in [-0.2, 0) is 16.2 Å². The lowest BCUT2D eigenvalue weighted by atomic mass is 10.1. The Morgan fingerprint density at radius 2 is 1.78 bits per heavy atom. The first-order valence-corrected chi connectivity index (χ1v) is 13.9. The molecule has 1 heterocycles. The standard InChI is InChI=1S/C26H18BrCl2IN2O4S/c1-2-35-21-11-15(18(27)12-22(21)36-13-14-6-8-16(30)9-7-14)10-17-24(33)31-26(37)32(25(17)34)20-5-3-4-19(28)23(20)29/h3-12H,2,13H2,1H3,(H,31,33,37)/b17-10+. The third-order valence-electron chi connectivity index (χ3n) is 5.24. The monoisotopic (exact) mass is 730 g/mol. The Balaban J connectivity index is 1.68. The molecular formula is C26H18BrCl2IN2O4S. The summed E-state index contributed by atoms with van der Waals surface area (Å²) in [6.07, 6.45) is 1.46. The van der Waals surface area contributed by atoms with E-state index < -0.39 is 11.8 Å². The molecule has 0 atom stereocenters. The maximum atomic E-state index is 13.4. The molecule has 0 saturated carbocycles. The molecule has 0 radical (unpaired) electrons. The molecular weight excluding hydrogens is 714 g/mol. The van der Waals surface area contributed by atoms with E-state index in [1.54, 1.807) is 30.3 Å². The quantitative estimate of drug-likeness (QED) is 0.121. The third kappa shape index (κ3) is 6.28. The molecule has 0 bridgehead atoms. The van der Waals surface area contributed by atoms with Gasteiger partial charge in [-0.15, -0.1) is 0 Å². The zero-order valence-corrected chi connectivity index (χ0v) is 25.3. The van der Waals surface area contributed by atoms with Crippen molar-refractivity contribution in [1.29, 1.82) is 0 Å². The van der Waals surface area contributed by atoms with Crippen molar-refractivity contribution in [2.45, 2.75) is 13.5 Å². The molecule has 11 heteroatoms. The molecule has 0 aromatic heterocycles. The molecule has 190 valence electrons. The van der Waals surface area contributed by atoms with Gasteiger partial charge in [-0.1, -0.05) is 57.3 Å². The Labute approximate surface area is 251 Å². The van der Waals surface area contributed by atoms with E-state index in [-0.39, 0.29) is 26.4 Å². The van der Waals surface area contributed by atoms with Crippen LogP contribution in [0.5, 0.6) is 11.5 Å². The summed E-state index contributed by atoms with van der Waals surface area (Å²) in [7, 11) is 0. The van der Waals surface area contributed by atoms with Crippen molar-refractivity contribution in [3.63, 3.8) is 0 Å². The van der Waals surface area contributed by atoms with Crippen molar-refractivity contribution >= 4 is 103 Å². The van der Waals surface area contributed by atoms with Gasteiger partial charge in [-0.25, -0.2) is 0 Å². The Morgan fingerprint density at radius 3 is 2.49 bits per heavy atom. The van der Waals surface area contributed by atoms with Crippen molar-refractivity contribution in [1.82, 2.24) is 5.32 Å². The van der Waals surface area contributed by atoms with Crippen LogP contribution in [0.2, 0.25) is 10.0 Å². The zero-order valence-electron chi connectivity index (χ0n) is 19.2. The van der Waals surface area contributed by atoms with Crippen LogP contribution < -0.4 is 19.7 Å². The van der Waals surface area contributed by atoms with Gasteiger partial charge in [0.2, 0.25) is 0 Å². The highest BCUT2D eigenvalue weighted by Crippen LogP contribution is 2.37. The second-order valence-electron chi connectivity index (χ2n) is 7.70. The van der Waals surface area contributed by atoms with Crippen molar-refractivity contribution in [2.75, 3.05) is 11.5 Å². The van der Waals surface area contributed by atoms with Crippen LogP contribution in [0.3, 0.4) is 0 Å². The van der Waals surface area contributed by atoms with E-state index in [1.807, 2.05) is 31.2 Å². The number of benzene rings is 3. The largest absolute Gasteiger partial charge is 0.490 e. The number of carbonyl (C=O) groups is 2. The summed E-state index contributed by atoms with van der Waals surface area (Å²) < 4.78 is 13.5. The third-order valence-corrected chi connectivity index (χ3v) is 7.74. The van der Waals surface area contributed by atoms with E-state index in [0.717, 1.165) is 14.0 Å². The fourth-order valence-electron chi connectivity index (χ4n) is 3.48. The molecule has 1 aliphatic rings. The van der Waals surface area contributed by atoms with Gasteiger partial charge >= 0.3 is 0 Å². The SMILES string of the molecule is CCOc1cc(/C=C2\C(=O)NC(=S)N(c3cccc(Cl)c3Cl)C2=O)c(Br)cc1OCc1ccc(I)cc1. The maximum absolute atomic E-state index is 13.4. The van der Waals surface area contributed by atoms with E-state index >= 15 is 0 Å². The lowest BCUT2D eigenvalue weighted by Gasteiger charge is -2.29. The first-order valence-electron chi connectivity index (χ1n) is 10.9. The number of nitrogens with zero attached hydrogens (tertiary/aromatic N) is 1. The average Bonchev–Trinajstić information content (AvgIpc) is 2.86. The minimum Gasteiger partial charge on any atom is -0.490 e. The van der Waals surface area contributed by atoms with Gasteiger partial charge in [0.05, 0.1) is 22.3 Å². The highest BCUT2D eigenvalue weighted by molar-refractivity contribution is 14.1. The van der Waals surface area contributed by atoms with Gasteiger partial charge in [0.25, 0.3) is 11.8 Å². The Hall–Kier alpha value is -2.18. The van der Waals surface area contributed by atoms with Crippen LogP contribution in [0.4, 0.5) is 5.69 Å². The van der Waals surface area contributed by atoms with Crippen LogP contribution in [-0.4, -0.2) is 23.5 Å². The summed E-state index contributed by atoms with van der Waals surface area (Å²) >= 11 is 23.5. The number of hydrogen-bond acceptors (Lipinski definition) is 5. The summed E-state index contributed by atoms with van der Waals surface area (Å²) in [6.45, 7) is 2.60. The number of carbonyl (C=O) groups excluding carboxylic acids is 2. The molecule has 6 nitrogen and oxygen atoms in total. The minimum absolute atomic E-state index is 0.0928. The first-order chi connectivity index (χ1) is 17.7. The molecule has 1 saturated heterocycles. The molecule has 0 unspecified atom stereocenters. The van der Waals surface area contributed by atoms with Gasteiger partial charge < -0.3 is 9.47 Å². The highest BCUT2D eigenvalue weighted by atomic mass is 127. The Morgan fingerprint density at radius 1 is 1.08 bits per heavy atom. The van der Waals surface area contributed by atoms with E-state index in [1.165, 1.54) is 6.08 Å². The highest BCUT2D eigenvalue weighted by Gasteiger charge is 2.36. The van der Waals surface area contributed by atoms with Crippen LogP contribution in [0.15, 0.2) is 64.6 Å². The van der Waals surface area contributed by atoms with Gasteiger partial charge in [-0.2, -0.15) is 0 Å². The van der Waals surface area contributed by atoms with Crippen LogP contribution >= 0.6 is 73.9 Å². The van der Waals surface area contributed by atoms with Gasteiger partial charge in [-0.05, 0) is 95.3 Å². The molecule has 3 aromatic carbocycles. The van der Waals surface area contributed by atoms with Crippen LogP contribution in [0.1, 0.15) is 18.1 Å². The van der Waals surface area contributed by atoms with Crippen LogP contribution in [0.25, 0.3) is 6.08 Å². The number of ether oxygens (including phenoxy) is 2. The van der Waals surface area contributed by atoms with Gasteiger partial charge in [-0.3, -0.25) is 19.8 Å². The predicted octanol–water partition coefficient (Wildman–Crippen LogP) is 7.17. The second-order valence-corrected chi connectivity index (χ2v) is 11.0. The normalized spacial score (nSPS) is 14.7. The summed E-state index contributed by atoms with van der Waals surface area (Å²) in [5.41, 5.74) is 1.67. The second kappa shape index (κ2) is 12.1. The fourth-order valence-corrected chi connectivity index (χ4v) is 4.93. The number of hydrogen-bond donors (Lipinski definition) is 1. The van der Waals surface area contributed by atoms with Crippen molar-refractivity contribution in [3.8, 4) is 11.5 Å². The lowest BCUT2D eigenvalue weighted by Crippen LogP contribution is -2.54. The van der Waals surface area contributed by atoms with E-state index in [2.05, 4.69) is 43.8 Å². The number of nitrogens with one attached hydrogen (secondary N) is 1. The molecule has 3 aromatic rings. The molecule has 1 N–H and O–H groups in total. The molecule has 0 aliphatic carbocycles. The molecule has 1 fully saturated rings. The first kappa shape index (κ1) is 27.8. The van der Waals surface area contributed by atoms with Gasteiger partial charge in [0.15, 0.2) is 16.6 Å². The molecule has 1 aliphatic heterocycles. The Bertz CT molecular complexity index is 1430. The molecule has 37 heavy (non-hydrogen) atoms. The maximum Gasteiger partial charge on any atom is 0.270 e. The summed E-state index contributed by atoms with van der Waals surface area (Å²) in [5, 5.41) is 2.85. The molecule has 2 amide bonds. The number of rotatable bonds is 7. The zero-order chi connectivity index (χ0) is 26.7. The van der Waals surface area contributed by atoms with Gasteiger partial charge in [0, 0.05) is 8.04 Å². The Kier molecular flexibility index (Phi) is 9.12. The van der Waals surface area contributed by atoms with Crippen molar-refractivity contribution < 1.29 is 19.1 Å². The fraction of sp³-hybridized carbons (Fsp3) is 0.115. The van der Waals surface area contributed by atoms with E-state index in [9.17, 15) is 9.59 Å². The predicted molar refractivity (Wildman–Crippen MR) is 161 cm³/mol. The topological polar surface area (TPSA) is 67.9 Å². The van der Waals surface area contributed by atoms with Crippen molar-refractivity contribution in [2.24, 2.45) is 0 Å². The summed E-state index contributed by atoms with van der Waals surface area (Å²) in [5.74, 6) is -0.283. The van der Waals surface area contributed by atoms with E-state index in [4.69, 9.17) is 44.9 Å². The minimum atomic E-state index is -0.637. The van der Waals surface area contributed by atoms with Crippen LogP contribution in [0, 0.1) is 3.57 Å². The number of anilines is 1. The average molecular weight is 732 g/mol. The smallest absolute Gasteiger partial charge is 0.270 e. The number of thiocarbonyl (C=S) groups is 1. The molecule has 4 rings (SSSR count). The number of halogens is 4. The lowest BCUT2D eigenvalue weighted by molar-refractivity contribution is -0.122. The van der Waals surface area contributed by atoms with E-state index in [0.29, 0.717) is 34.7 Å². The van der Waals surface area contributed by atoms with Crippen molar-refractivity contribution in [3.05, 3.63) is 89.4 Å². The molecule has 0 spiro atoms. The summed E-state index contributed by atoms with van der Waals surface area (Å²) in [4.78, 5) is 27.3. The summed E-state index contributed by atoms with van der Waals surface area (Å²) in [6, 6.07) is 16.3. The number of amides is 2.